The molecular weight excluding hydrogens is 296 g/mol. The Hall–Kier alpha value is -2.89. The van der Waals surface area contributed by atoms with Gasteiger partial charge in [0.15, 0.2) is 5.89 Å². The van der Waals surface area contributed by atoms with Crippen LogP contribution in [0.2, 0.25) is 0 Å². The van der Waals surface area contributed by atoms with Gasteiger partial charge in [-0.15, -0.1) is 0 Å². The number of nitrogens with zero attached hydrogens (tertiary/aromatic N) is 1. The van der Waals surface area contributed by atoms with E-state index in [9.17, 15) is 9.59 Å². The van der Waals surface area contributed by atoms with Gasteiger partial charge in [0.05, 0.1) is 5.69 Å². The highest BCUT2D eigenvalue weighted by atomic mass is 16.4. The molecule has 0 saturated carbocycles. The molecule has 0 radical (unpaired) electrons. The average Bonchev–Trinajstić information content (AvgIpc) is 2.79. The Bertz CT molecular complexity index is 982. The largest absolute Gasteiger partial charge is 0.436 e. The van der Waals surface area contributed by atoms with Crippen LogP contribution in [0.3, 0.4) is 0 Å². The van der Waals surface area contributed by atoms with Crippen LogP contribution in [0.1, 0.15) is 33.3 Å². The number of oxazole rings is 1. The molecule has 2 aromatic heterocycles. The van der Waals surface area contributed by atoms with Crippen molar-refractivity contribution < 1.29 is 13.6 Å². The van der Waals surface area contributed by atoms with Crippen molar-refractivity contribution in [1.29, 1.82) is 0 Å². The third-order valence-corrected chi connectivity index (χ3v) is 3.65. The lowest BCUT2D eigenvalue weighted by Gasteiger charge is -2.10. The number of carbonyl (C=O) groups excluding carboxylic acids is 1. The Morgan fingerprint density at radius 3 is 2.43 bits per heavy atom. The lowest BCUT2D eigenvalue weighted by molar-refractivity contribution is 0.0994. The topological polar surface area (TPSA) is 85.3 Å². The Labute approximate surface area is 132 Å². The fourth-order valence-corrected chi connectivity index (χ4v) is 2.52. The minimum atomic E-state index is -0.390. The predicted octanol–water partition coefficient (Wildman–Crippen LogP) is 3.27. The molecule has 1 amide bonds. The molecule has 3 aromatic rings. The summed E-state index contributed by atoms with van der Waals surface area (Å²) in [7, 11) is 0. The Kier molecular flexibility index (Phi) is 3.52. The second-order valence-corrected chi connectivity index (χ2v) is 5.51. The lowest BCUT2D eigenvalue weighted by atomic mass is 10.1. The lowest BCUT2D eigenvalue weighted by Crippen LogP contribution is -2.13. The van der Waals surface area contributed by atoms with Crippen LogP contribution in [0.15, 0.2) is 31.8 Å². The van der Waals surface area contributed by atoms with Gasteiger partial charge < -0.3 is 14.2 Å². The van der Waals surface area contributed by atoms with Crippen LogP contribution in [-0.2, 0) is 0 Å². The van der Waals surface area contributed by atoms with Crippen molar-refractivity contribution in [2.45, 2.75) is 27.7 Å². The smallest absolute Gasteiger partial charge is 0.336 e. The van der Waals surface area contributed by atoms with Crippen molar-refractivity contribution in [3.8, 4) is 0 Å². The number of aryl methyl sites for hydroxylation is 4. The molecule has 0 aliphatic rings. The van der Waals surface area contributed by atoms with E-state index in [2.05, 4.69) is 10.3 Å². The van der Waals surface area contributed by atoms with Crippen molar-refractivity contribution in [3.05, 3.63) is 57.1 Å². The van der Waals surface area contributed by atoms with E-state index >= 15 is 0 Å². The van der Waals surface area contributed by atoms with Crippen LogP contribution in [-0.4, -0.2) is 10.9 Å². The summed E-state index contributed by atoms with van der Waals surface area (Å²) in [6.45, 7) is 7.06. The SMILES string of the molecule is Cc1nc(C)c(C(=O)Nc2cc3c(C)cc(=O)oc3cc2C)o1. The number of amides is 1. The number of rotatable bonds is 2. The third-order valence-electron chi connectivity index (χ3n) is 3.65. The van der Waals surface area contributed by atoms with E-state index in [4.69, 9.17) is 8.83 Å². The van der Waals surface area contributed by atoms with Crippen molar-refractivity contribution >= 4 is 22.6 Å². The maximum atomic E-state index is 12.4. The van der Waals surface area contributed by atoms with E-state index in [1.165, 1.54) is 6.07 Å². The average molecular weight is 312 g/mol. The van der Waals surface area contributed by atoms with Gasteiger partial charge >= 0.3 is 5.63 Å². The van der Waals surface area contributed by atoms with Gasteiger partial charge in [-0.25, -0.2) is 9.78 Å². The number of benzene rings is 1. The maximum absolute atomic E-state index is 12.4. The first-order valence-corrected chi connectivity index (χ1v) is 7.15. The van der Waals surface area contributed by atoms with Crippen LogP contribution in [0.25, 0.3) is 11.0 Å². The summed E-state index contributed by atoms with van der Waals surface area (Å²) in [6, 6.07) is 4.95. The first-order valence-electron chi connectivity index (χ1n) is 7.15. The summed E-state index contributed by atoms with van der Waals surface area (Å²) in [5, 5.41) is 3.60. The first kappa shape index (κ1) is 15.0. The molecule has 118 valence electrons. The van der Waals surface area contributed by atoms with Crippen molar-refractivity contribution in [2.24, 2.45) is 0 Å². The van der Waals surface area contributed by atoms with Crippen LogP contribution in [0.5, 0.6) is 0 Å². The monoisotopic (exact) mass is 312 g/mol. The Morgan fingerprint density at radius 1 is 1.04 bits per heavy atom. The number of aromatic nitrogens is 1. The molecule has 0 spiro atoms. The normalized spacial score (nSPS) is 11.0. The highest BCUT2D eigenvalue weighted by molar-refractivity contribution is 6.04. The molecule has 1 aromatic carbocycles. The van der Waals surface area contributed by atoms with E-state index in [0.29, 0.717) is 22.9 Å². The quantitative estimate of drug-likeness (QED) is 0.734. The van der Waals surface area contributed by atoms with Gasteiger partial charge in [0.1, 0.15) is 5.58 Å². The number of anilines is 1. The van der Waals surface area contributed by atoms with Crippen molar-refractivity contribution in [2.75, 3.05) is 5.32 Å². The van der Waals surface area contributed by atoms with Crippen molar-refractivity contribution in [3.63, 3.8) is 0 Å². The molecule has 0 saturated heterocycles. The molecule has 0 atom stereocenters. The fourth-order valence-electron chi connectivity index (χ4n) is 2.52. The molecule has 23 heavy (non-hydrogen) atoms. The van der Waals surface area contributed by atoms with Crippen LogP contribution < -0.4 is 10.9 Å². The van der Waals surface area contributed by atoms with Gasteiger partial charge in [-0.3, -0.25) is 4.79 Å². The number of hydrogen-bond acceptors (Lipinski definition) is 5. The molecule has 0 unspecified atom stereocenters. The minimum Gasteiger partial charge on any atom is -0.436 e. The molecule has 1 N–H and O–H groups in total. The first-order chi connectivity index (χ1) is 10.8. The standard InChI is InChI=1S/C17H16N2O4/c1-8-6-15(20)23-14-5-9(2)13(7-12(8)14)19-17(21)16-10(3)18-11(4)22-16/h5-7H,1-4H3,(H,19,21). The predicted molar refractivity (Wildman–Crippen MR) is 85.9 cm³/mol. The molecule has 6 heteroatoms. The van der Waals surface area contributed by atoms with Crippen LogP contribution in [0.4, 0.5) is 5.69 Å². The Morgan fingerprint density at radius 2 is 1.78 bits per heavy atom. The second-order valence-electron chi connectivity index (χ2n) is 5.51. The summed E-state index contributed by atoms with van der Waals surface area (Å²) in [5.41, 5.74) is 2.86. The number of nitrogens with one attached hydrogen (secondary N) is 1. The van der Waals surface area contributed by atoms with Gasteiger partial charge in [0, 0.05) is 24.1 Å². The zero-order valence-corrected chi connectivity index (χ0v) is 13.3. The summed E-state index contributed by atoms with van der Waals surface area (Å²) in [5.74, 6) is 0.277. The van der Waals surface area contributed by atoms with Gasteiger partial charge in [-0.05, 0) is 44.0 Å². The van der Waals surface area contributed by atoms with E-state index in [-0.39, 0.29) is 17.3 Å². The van der Waals surface area contributed by atoms with Gasteiger partial charge in [-0.2, -0.15) is 0 Å². The maximum Gasteiger partial charge on any atom is 0.336 e. The fraction of sp³-hybridized carbons (Fsp3) is 0.235. The molecule has 0 bridgehead atoms. The zero-order valence-electron chi connectivity index (χ0n) is 13.3. The number of fused-ring (bicyclic) bond motifs is 1. The molecular formula is C17H16N2O4. The molecule has 3 rings (SSSR count). The molecule has 6 nitrogen and oxygen atoms in total. The van der Waals surface area contributed by atoms with Crippen LogP contribution >= 0.6 is 0 Å². The molecule has 0 aliphatic carbocycles. The van der Waals surface area contributed by atoms with Crippen LogP contribution in [0, 0.1) is 27.7 Å². The van der Waals surface area contributed by atoms with E-state index in [1.807, 2.05) is 13.8 Å². The van der Waals surface area contributed by atoms with E-state index in [0.717, 1.165) is 16.5 Å². The third kappa shape index (κ3) is 2.75. The summed E-state index contributed by atoms with van der Waals surface area (Å²) in [4.78, 5) is 27.9. The van der Waals surface area contributed by atoms with Crippen molar-refractivity contribution in [1.82, 2.24) is 4.98 Å². The highest BCUT2D eigenvalue weighted by Crippen LogP contribution is 2.25. The Balaban J connectivity index is 2.03. The zero-order chi connectivity index (χ0) is 16.7. The molecule has 0 aliphatic heterocycles. The summed E-state index contributed by atoms with van der Waals surface area (Å²) < 4.78 is 10.5. The molecule has 0 fully saturated rings. The summed E-state index contributed by atoms with van der Waals surface area (Å²) >= 11 is 0. The summed E-state index contributed by atoms with van der Waals surface area (Å²) in [6.07, 6.45) is 0. The van der Waals surface area contributed by atoms with Gasteiger partial charge in [-0.1, -0.05) is 0 Å². The second kappa shape index (κ2) is 5.39. The highest BCUT2D eigenvalue weighted by Gasteiger charge is 2.17. The number of carbonyl (C=O) groups is 1. The number of hydrogen-bond donors (Lipinski definition) is 1. The van der Waals surface area contributed by atoms with Gasteiger partial charge in [0.2, 0.25) is 5.76 Å². The van der Waals surface area contributed by atoms with E-state index in [1.54, 1.807) is 26.0 Å². The minimum absolute atomic E-state index is 0.193. The molecule has 2 heterocycles. The van der Waals surface area contributed by atoms with E-state index < -0.39 is 0 Å². The van der Waals surface area contributed by atoms with Gasteiger partial charge in [0.25, 0.3) is 5.91 Å².